The second kappa shape index (κ2) is 6.20. The zero-order valence-electron chi connectivity index (χ0n) is 6.81. The summed E-state index contributed by atoms with van der Waals surface area (Å²) in [5.41, 5.74) is 0. The topological polar surface area (TPSA) is 41.1 Å². The molecule has 3 nitrogen and oxygen atoms in total. The van der Waals surface area contributed by atoms with Crippen molar-refractivity contribution in [3.63, 3.8) is 0 Å². The van der Waals surface area contributed by atoms with E-state index in [1.54, 1.807) is 0 Å². The molecule has 1 aliphatic heterocycles. The molecule has 5 heteroatoms. The van der Waals surface area contributed by atoms with Crippen LogP contribution in [0.4, 0.5) is 4.39 Å². The highest BCUT2D eigenvalue weighted by Crippen LogP contribution is 2.04. The first kappa shape index (κ1) is 11.6. The highest BCUT2D eigenvalue weighted by atomic mass is 35.5. The maximum Gasteiger partial charge on any atom is 0.251 e. The third-order valence-corrected chi connectivity index (χ3v) is 1.87. The summed E-state index contributed by atoms with van der Waals surface area (Å²) in [5.74, 6) is -0.0117. The van der Waals surface area contributed by atoms with Gasteiger partial charge in [-0.1, -0.05) is 0 Å². The molecule has 0 aliphatic carbocycles. The van der Waals surface area contributed by atoms with E-state index in [0.717, 1.165) is 19.5 Å². The fourth-order valence-electron chi connectivity index (χ4n) is 1.19. The standard InChI is InChI=1S/C7H13FN2O.ClH/c8-3-7(11)10-5-6-1-2-9-4-6;/h6,9H,1-5H2,(H,10,11);1H. The molecule has 0 radical (unpaired) electrons. The number of nitrogens with one attached hydrogen (secondary N) is 2. The van der Waals surface area contributed by atoms with Crippen LogP contribution in [0.5, 0.6) is 0 Å². The molecule has 1 amide bonds. The van der Waals surface area contributed by atoms with Gasteiger partial charge in [0.2, 0.25) is 0 Å². The normalized spacial score (nSPS) is 21.6. The van der Waals surface area contributed by atoms with Gasteiger partial charge in [0.15, 0.2) is 6.67 Å². The van der Waals surface area contributed by atoms with E-state index in [4.69, 9.17) is 0 Å². The van der Waals surface area contributed by atoms with Crippen molar-refractivity contribution in [3.05, 3.63) is 0 Å². The van der Waals surface area contributed by atoms with Crippen LogP contribution in [0.3, 0.4) is 0 Å². The quantitative estimate of drug-likeness (QED) is 0.673. The van der Waals surface area contributed by atoms with Gasteiger partial charge in [0.1, 0.15) is 0 Å². The first-order valence-corrected chi connectivity index (χ1v) is 3.86. The van der Waals surface area contributed by atoms with E-state index < -0.39 is 12.6 Å². The third kappa shape index (κ3) is 3.88. The molecule has 1 unspecified atom stereocenters. The molecule has 0 spiro atoms. The summed E-state index contributed by atoms with van der Waals surface area (Å²) in [7, 11) is 0. The van der Waals surface area contributed by atoms with E-state index in [1.807, 2.05) is 0 Å². The van der Waals surface area contributed by atoms with Crippen molar-refractivity contribution in [1.82, 2.24) is 10.6 Å². The number of alkyl halides is 1. The van der Waals surface area contributed by atoms with Crippen molar-refractivity contribution in [2.45, 2.75) is 6.42 Å². The van der Waals surface area contributed by atoms with Crippen LogP contribution in [-0.4, -0.2) is 32.2 Å². The molecule has 1 fully saturated rings. The van der Waals surface area contributed by atoms with Crippen molar-refractivity contribution in [1.29, 1.82) is 0 Å². The predicted octanol–water partition coefficient (Wildman–Crippen LogP) is 0.103. The van der Waals surface area contributed by atoms with Crippen molar-refractivity contribution >= 4 is 18.3 Å². The van der Waals surface area contributed by atoms with E-state index >= 15 is 0 Å². The highest BCUT2D eigenvalue weighted by molar-refractivity contribution is 5.85. The molecule has 1 aliphatic rings. The van der Waals surface area contributed by atoms with Crippen LogP contribution >= 0.6 is 12.4 Å². The van der Waals surface area contributed by atoms with Gasteiger partial charge in [0.25, 0.3) is 5.91 Å². The Hall–Kier alpha value is -0.350. The molecule has 2 N–H and O–H groups in total. The van der Waals surface area contributed by atoms with E-state index in [0.29, 0.717) is 12.5 Å². The average Bonchev–Trinajstić information content (AvgIpc) is 2.52. The van der Waals surface area contributed by atoms with Crippen LogP contribution in [0.25, 0.3) is 0 Å². The average molecular weight is 197 g/mol. The Morgan fingerprint density at radius 3 is 2.92 bits per heavy atom. The first-order chi connectivity index (χ1) is 5.33. The monoisotopic (exact) mass is 196 g/mol. The van der Waals surface area contributed by atoms with Gasteiger partial charge in [-0.2, -0.15) is 0 Å². The number of carbonyl (C=O) groups excluding carboxylic acids is 1. The predicted molar refractivity (Wildman–Crippen MR) is 47.2 cm³/mol. The summed E-state index contributed by atoms with van der Waals surface area (Å²) >= 11 is 0. The lowest BCUT2D eigenvalue weighted by Gasteiger charge is -2.07. The molecule has 12 heavy (non-hydrogen) atoms. The fourth-order valence-corrected chi connectivity index (χ4v) is 1.19. The lowest BCUT2D eigenvalue weighted by molar-refractivity contribution is -0.122. The summed E-state index contributed by atoms with van der Waals surface area (Å²) < 4.78 is 11.6. The van der Waals surface area contributed by atoms with Crippen molar-refractivity contribution in [2.75, 3.05) is 26.3 Å². The van der Waals surface area contributed by atoms with Crippen LogP contribution in [0.15, 0.2) is 0 Å². The van der Waals surface area contributed by atoms with E-state index in [9.17, 15) is 9.18 Å². The number of halogens is 2. The Balaban J connectivity index is 0.00000121. The lowest BCUT2D eigenvalue weighted by atomic mass is 10.1. The molecule has 0 aromatic carbocycles. The van der Waals surface area contributed by atoms with Crippen LogP contribution in [0, 0.1) is 5.92 Å². The Bertz CT molecular complexity index is 139. The third-order valence-electron chi connectivity index (χ3n) is 1.87. The maximum absolute atomic E-state index is 11.6. The second-order valence-corrected chi connectivity index (χ2v) is 2.80. The highest BCUT2D eigenvalue weighted by Gasteiger charge is 2.14. The van der Waals surface area contributed by atoms with Gasteiger partial charge in [-0.05, 0) is 25.4 Å². The summed E-state index contributed by atoms with van der Waals surface area (Å²) in [6.45, 7) is 1.65. The van der Waals surface area contributed by atoms with Gasteiger partial charge in [-0.3, -0.25) is 4.79 Å². The summed E-state index contributed by atoms with van der Waals surface area (Å²) in [4.78, 5) is 10.5. The van der Waals surface area contributed by atoms with Gasteiger partial charge in [-0.15, -0.1) is 12.4 Å². The Kier molecular flexibility index (Phi) is 6.02. The Morgan fingerprint density at radius 1 is 1.67 bits per heavy atom. The number of hydrogen-bond donors (Lipinski definition) is 2. The molecule has 0 aromatic rings. The van der Waals surface area contributed by atoms with E-state index in [2.05, 4.69) is 10.6 Å². The second-order valence-electron chi connectivity index (χ2n) is 2.80. The van der Waals surface area contributed by atoms with Gasteiger partial charge in [-0.25, -0.2) is 4.39 Å². The maximum atomic E-state index is 11.6. The molecular formula is C7H14ClFN2O. The largest absolute Gasteiger partial charge is 0.354 e. The van der Waals surface area contributed by atoms with Gasteiger partial charge >= 0.3 is 0 Å². The lowest BCUT2D eigenvalue weighted by Crippen LogP contribution is -2.31. The minimum atomic E-state index is -0.903. The molecule has 1 atom stereocenters. The van der Waals surface area contributed by atoms with Crippen molar-refractivity contribution < 1.29 is 9.18 Å². The number of hydrogen-bond acceptors (Lipinski definition) is 2. The van der Waals surface area contributed by atoms with Gasteiger partial charge in [0, 0.05) is 6.54 Å². The van der Waals surface area contributed by atoms with E-state index in [-0.39, 0.29) is 12.4 Å². The smallest absolute Gasteiger partial charge is 0.251 e. The van der Waals surface area contributed by atoms with Crippen LogP contribution in [-0.2, 0) is 4.79 Å². The van der Waals surface area contributed by atoms with Crippen molar-refractivity contribution in [2.24, 2.45) is 5.92 Å². The zero-order chi connectivity index (χ0) is 8.10. The zero-order valence-corrected chi connectivity index (χ0v) is 7.62. The molecule has 1 rings (SSSR count). The minimum absolute atomic E-state index is 0. The summed E-state index contributed by atoms with van der Waals surface area (Å²) in [6.07, 6.45) is 1.08. The molecule has 0 saturated carbocycles. The Labute approximate surface area is 77.5 Å². The molecular weight excluding hydrogens is 183 g/mol. The summed E-state index contributed by atoms with van der Waals surface area (Å²) in [5, 5.41) is 5.69. The van der Waals surface area contributed by atoms with Crippen LogP contribution < -0.4 is 10.6 Å². The van der Waals surface area contributed by atoms with Crippen LogP contribution in [0.1, 0.15) is 6.42 Å². The molecule has 1 saturated heterocycles. The van der Waals surface area contributed by atoms with Gasteiger partial charge in [0.05, 0.1) is 0 Å². The van der Waals surface area contributed by atoms with Gasteiger partial charge < -0.3 is 10.6 Å². The molecule has 0 aromatic heterocycles. The number of carbonyl (C=O) groups is 1. The summed E-state index contributed by atoms with van der Waals surface area (Å²) in [6, 6.07) is 0. The van der Waals surface area contributed by atoms with E-state index in [1.165, 1.54) is 0 Å². The number of amides is 1. The minimum Gasteiger partial charge on any atom is -0.354 e. The SMILES string of the molecule is Cl.O=C(CF)NCC1CCNC1. The number of rotatable bonds is 3. The molecule has 0 bridgehead atoms. The van der Waals surface area contributed by atoms with Crippen LogP contribution in [0.2, 0.25) is 0 Å². The first-order valence-electron chi connectivity index (χ1n) is 3.86. The van der Waals surface area contributed by atoms with Crippen molar-refractivity contribution in [3.8, 4) is 0 Å². The fraction of sp³-hybridized carbons (Fsp3) is 0.857. The molecule has 1 heterocycles. The molecule has 72 valence electrons. The Morgan fingerprint density at radius 2 is 2.42 bits per heavy atom.